The molecule has 1 aromatic heterocycles. The Morgan fingerprint density at radius 1 is 1.65 bits per heavy atom. The van der Waals surface area contributed by atoms with Crippen molar-refractivity contribution >= 4 is 11.6 Å². The summed E-state index contributed by atoms with van der Waals surface area (Å²) in [6.07, 6.45) is 2.65. The van der Waals surface area contributed by atoms with E-state index in [4.69, 9.17) is 10.5 Å². The summed E-state index contributed by atoms with van der Waals surface area (Å²) in [5.74, 6) is 0.0117. The molecule has 1 atom stereocenters. The topological polar surface area (TPSA) is 80.5 Å². The van der Waals surface area contributed by atoms with E-state index in [2.05, 4.69) is 15.2 Å². The number of amides is 1. The summed E-state index contributed by atoms with van der Waals surface area (Å²) in [7, 11) is 0. The Morgan fingerprint density at radius 3 is 3.25 bits per heavy atom. The first-order valence-electron chi connectivity index (χ1n) is 7.03. The Labute approximate surface area is 119 Å². The number of aromatic nitrogens is 1. The van der Waals surface area contributed by atoms with Crippen LogP contribution in [-0.4, -0.2) is 43.2 Å². The van der Waals surface area contributed by atoms with Gasteiger partial charge in [-0.25, -0.2) is 0 Å². The van der Waals surface area contributed by atoms with Crippen molar-refractivity contribution in [2.75, 3.05) is 31.2 Å². The average molecular weight is 278 g/mol. The molecule has 0 radical (unpaired) electrons. The van der Waals surface area contributed by atoms with Gasteiger partial charge in [0.15, 0.2) is 0 Å². The second kappa shape index (κ2) is 7.21. The van der Waals surface area contributed by atoms with Gasteiger partial charge in [0.05, 0.1) is 18.9 Å². The first-order valence-corrected chi connectivity index (χ1v) is 7.03. The van der Waals surface area contributed by atoms with Crippen LogP contribution in [0, 0.1) is 0 Å². The van der Waals surface area contributed by atoms with Crippen molar-refractivity contribution in [3.8, 4) is 0 Å². The van der Waals surface area contributed by atoms with Gasteiger partial charge in [0.1, 0.15) is 6.04 Å². The molecule has 2 rings (SSSR count). The molecule has 3 N–H and O–H groups in total. The number of nitrogens with two attached hydrogens (primary N) is 1. The van der Waals surface area contributed by atoms with Crippen LogP contribution in [0.25, 0.3) is 0 Å². The molecule has 6 heteroatoms. The van der Waals surface area contributed by atoms with E-state index in [0.29, 0.717) is 32.8 Å². The highest BCUT2D eigenvalue weighted by molar-refractivity contribution is 5.85. The number of carbonyl (C=O) groups is 1. The monoisotopic (exact) mass is 278 g/mol. The lowest BCUT2D eigenvalue weighted by atomic mass is 10.1. The van der Waals surface area contributed by atoms with Crippen LogP contribution in [0.2, 0.25) is 0 Å². The van der Waals surface area contributed by atoms with Gasteiger partial charge in [-0.05, 0) is 18.6 Å². The molecule has 6 nitrogen and oxygen atoms in total. The largest absolute Gasteiger partial charge is 0.377 e. The summed E-state index contributed by atoms with van der Waals surface area (Å²) in [5.41, 5.74) is 7.42. The van der Waals surface area contributed by atoms with Gasteiger partial charge in [-0.2, -0.15) is 0 Å². The van der Waals surface area contributed by atoms with Crippen molar-refractivity contribution in [3.05, 3.63) is 24.0 Å². The fourth-order valence-electron chi connectivity index (χ4n) is 2.25. The summed E-state index contributed by atoms with van der Waals surface area (Å²) >= 11 is 0. The van der Waals surface area contributed by atoms with E-state index >= 15 is 0 Å². The highest BCUT2D eigenvalue weighted by atomic mass is 16.5. The fraction of sp³-hybridized carbons (Fsp3) is 0.571. The predicted octanol–water partition coefficient (Wildman–Crippen LogP) is 0.272. The number of nitrogens with one attached hydrogen (secondary N) is 1. The molecule has 1 saturated heterocycles. The average Bonchev–Trinajstić information content (AvgIpc) is 2.52. The number of anilines is 1. The highest BCUT2D eigenvalue weighted by Crippen LogP contribution is 2.20. The van der Waals surface area contributed by atoms with E-state index in [0.717, 1.165) is 17.8 Å². The Balaban J connectivity index is 2.15. The second-order valence-corrected chi connectivity index (χ2v) is 4.78. The van der Waals surface area contributed by atoms with Gasteiger partial charge in [-0.1, -0.05) is 6.92 Å². The minimum absolute atomic E-state index is 0.0117. The van der Waals surface area contributed by atoms with Gasteiger partial charge < -0.3 is 20.7 Å². The van der Waals surface area contributed by atoms with Gasteiger partial charge >= 0.3 is 0 Å². The maximum Gasteiger partial charge on any atom is 0.245 e. The lowest BCUT2D eigenvalue weighted by Crippen LogP contribution is -2.54. The van der Waals surface area contributed by atoms with Crippen molar-refractivity contribution < 1.29 is 9.53 Å². The number of morpholine rings is 1. The number of hydrogen-bond donors (Lipinski definition) is 2. The molecule has 20 heavy (non-hydrogen) atoms. The number of rotatable bonds is 5. The van der Waals surface area contributed by atoms with E-state index in [9.17, 15) is 4.79 Å². The predicted molar refractivity (Wildman–Crippen MR) is 77.4 cm³/mol. The minimum atomic E-state index is -0.289. The smallest absolute Gasteiger partial charge is 0.245 e. The maximum atomic E-state index is 12.2. The van der Waals surface area contributed by atoms with Crippen molar-refractivity contribution in [1.82, 2.24) is 10.3 Å². The standard InChI is InChI=1S/C14H22N4O2/c1-2-4-17-14(19)13-10-20-7-6-18(13)12-3-5-16-11(8-12)9-15/h3,5,8,13H,2,4,6-7,9-10,15H2,1H3,(H,17,19). The lowest BCUT2D eigenvalue weighted by Gasteiger charge is -2.36. The van der Waals surface area contributed by atoms with E-state index in [1.165, 1.54) is 0 Å². The van der Waals surface area contributed by atoms with Crippen molar-refractivity contribution in [2.24, 2.45) is 5.73 Å². The number of ether oxygens (including phenoxy) is 1. The number of carbonyl (C=O) groups excluding carboxylic acids is 1. The molecule has 1 amide bonds. The molecular formula is C14H22N4O2. The Bertz CT molecular complexity index is 453. The third-order valence-electron chi connectivity index (χ3n) is 3.32. The molecule has 2 heterocycles. The second-order valence-electron chi connectivity index (χ2n) is 4.78. The first-order chi connectivity index (χ1) is 9.76. The zero-order chi connectivity index (χ0) is 14.4. The number of nitrogens with zero attached hydrogens (tertiary/aromatic N) is 2. The number of hydrogen-bond acceptors (Lipinski definition) is 5. The molecule has 0 aromatic carbocycles. The molecule has 0 spiro atoms. The van der Waals surface area contributed by atoms with E-state index in [1.54, 1.807) is 6.20 Å². The summed E-state index contributed by atoms with van der Waals surface area (Å²) < 4.78 is 5.45. The van der Waals surface area contributed by atoms with Gasteiger partial charge in [0, 0.05) is 31.5 Å². The van der Waals surface area contributed by atoms with Crippen molar-refractivity contribution in [2.45, 2.75) is 25.9 Å². The zero-order valence-electron chi connectivity index (χ0n) is 11.8. The molecule has 1 aliphatic rings. The summed E-state index contributed by atoms with van der Waals surface area (Å²) in [4.78, 5) is 18.5. The zero-order valence-corrected chi connectivity index (χ0v) is 11.8. The molecule has 1 aliphatic heterocycles. The molecule has 1 aromatic rings. The van der Waals surface area contributed by atoms with Crippen molar-refractivity contribution in [3.63, 3.8) is 0 Å². The van der Waals surface area contributed by atoms with Crippen LogP contribution in [0.15, 0.2) is 18.3 Å². The molecular weight excluding hydrogens is 256 g/mol. The van der Waals surface area contributed by atoms with E-state index in [-0.39, 0.29) is 11.9 Å². The Kier molecular flexibility index (Phi) is 5.31. The summed E-state index contributed by atoms with van der Waals surface area (Å²) in [5, 5.41) is 2.93. The van der Waals surface area contributed by atoms with Crippen LogP contribution in [0.3, 0.4) is 0 Å². The first kappa shape index (κ1) is 14.7. The van der Waals surface area contributed by atoms with Gasteiger partial charge in [-0.15, -0.1) is 0 Å². The summed E-state index contributed by atoms with van der Waals surface area (Å²) in [6, 6.07) is 3.55. The van der Waals surface area contributed by atoms with Crippen molar-refractivity contribution in [1.29, 1.82) is 0 Å². The fourth-order valence-corrected chi connectivity index (χ4v) is 2.25. The van der Waals surface area contributed by atoms with Crippen LogP contribution < -0.4 is 16.0 Å². The summed E-state index contributed by atoms with van der Waals surface area (Å²) in [6.45, 7) is 4.84. The molecule has 0 bridgehead atoms. The van der Waals surface area contributed by atoms with Crippen LogP contribution in [0.1, 0.15) is 19.0 Å². The van der Waals surface area contributed by atoms with E-state index in [1.807, 2.05) is 19.1 Å². The maximum absolute atomic E-state index is 12.2. The van der Waals surface area contributed by atoms with E-state index < -0.39 is 0 Å². The van der Waals surface area contributed by atoms with Crippen LogP contribution in [0.4, 0.5) is 5.69 Å². The Morgan fingerprint density at radius 2 is 2.50 bits per heavy atom. The molecule has 110 valence electrons. The molecule has 1 fully saturated rings. The van der Waals surface area contributed by atoms with Crippen LogP contribution in [0.5, 0.6) is 0 Å². The van der Waals surface area contributed by atoms with Gasteiger partial charge in [0.25, 0.3) is 0 Å². The SMILES string of the molecule is CCCNC(=O)C1COCCN1c1ccnc(CN)c1. The molecule has 0 aliphatic carbocycles. The normalized spacial score (nSPS) is 18.9. The van der Waals surface area contributed by atoms with Gasteiger partial charge in [-0.3, -0.25) is 9.78 Å². The quantitative estimate of drug-likeness (QED) is 0.808. The lowest BCUT2D eigenvalue weighted by molar-refractivity contribution is -0.124. The molecule has 0 saturated carbocycles. The van der Waals surface area contributed by atoms with Crippen LogP contribution >= 0.6 is 0 Å². The minimum Gasteiger partial charge on any atom is -0.377 e. The molecule has 1 unspecified atom stereocenters. The third kappa shape index (κ3) is 3.46. The highest BCUT2D eigenvalue weighted by Gasteiger charge is 2.29. The third-order valence-corrected chi connectivity index (χ3v) is 3.32. The van der Waals surface area contributed by atoms with Crippen LogP contribution in [-0.2, 0) is 16.1 Å². The Hall–Kier alpha value is -1.66. The van der Waals surface area contributed by atoms with Gasteiger partial charge in [0.2, 0.25) is 5.91 Å². The number of pyridine rings is 1.